The van der Waals surface area contributed by atoms with Gasteiger partial charge in [-0.05, 0) is 0 Å². The highest BCUT2D eigenvalue weighted by molar-refractivity contribution is 5.68. The smallest absolute Gasteiger partial charge is 0.303 e. The summed E-state index contributed by atoms with van der Waals surface area (Å²) < 4.78 is 31.5. The predicted octanol–water partition coefficient (Wildman–Crippen LogP) is -0.281. The summed E-state index contributed by atoms with van der Waals surface area (Å²) in [6.45, 7) is 4.05. The summed E-state index contributed by atoms with van der Waals surface area (Å²) in [6.07, 6.45) is -0.894. The number of esters is 4. The van der Waals surface area contributed by atoms with Gasteiger partial charge in [0.15, 0.2) is 24.6 Å². The van der Waals surface area contributed by atoms with Crippen molar-refractivity contribution >= 4 is 23.9 Å². The lowest BCUT2D eigenvalue weighted by atomic mass is 9.98. The number of ether oxygens (including phenoxy) is 6. The number of carbonyl (C=O) groups excluding carboxylic acids is 4. The SMILES string of the molecule is C#CCOC1O[C@H](COC(C)=O)[C@@H](OC(C)=O)C(OC(C)=O)C1OC(C)=O. The minimum Gasteiger partial charge on any atom is -0.463 e. The fraction of sp³-hybridized carbons (Fsp3) is 0.647. The van der Waals surface area contributed by atoms with Crippen LogP contribution in [0.1, 0.15) is 27.7 Å². The lowest BCUT2D eigenvalue weighted by molar-refractivity contribution is -0.305. The molecule has 1 aliphatic rings. The van der Waals surface area contributed by atoms with E-state index >= 15 is 0 Å². The van der Waals surface area contributed by atoms with E-state index < -0.39 is 54.6 Å². The number of terminal acetylenes is 1. The van der Waals surface area contributed by atoms with Crippen molar-refractivity contribution in [2.24, 2.45) is 0 Å². The summed E-state index contributed by atoms with van der Waals surface area (Å²) in [5, 5.41) is 0. The standard InChI is InChI=1S/C17H22O10/c1-6-7-22-17-16(26-12(5)21)15(25-11(4)20)14(24-10(3)19)13(27-17)8-23-9(2)18/h1,13-17H,7-8H2,2-5H3/t13-,14-,15?,16?,17?/m1/s1. The summed E-state index contributed by atoms with van der Waals surface area (Å²) in [5.74, 6) is -0.519. The van der Waals surface area contributed by atoms with Crippen LogP contribution < -0.4 is 0 Å². The van der Waals surface area contributed by atoms with Crippen LogP contribution in [0, 0.1) is 12.3 Å². The Morgan fingerprint density at radius 2 is 1.37 bits per heavy atom. The maximum atomic E-state index is 11.6. The first-order valence-corrected chi connectivity index (χ1v) is 8.01. The van der Waals surface area contributed by atoms with Gasteiger partial charge in [-0.1, -0.05) is 5.92 Å². The van der Waals surface area contributed by atoms with Gasteiger partial charge in [0.2, 0.25) is 0 Å². The van der Waals surface area contributed by atoms with Crippen LogP contribution in [0.3, 0.4) is 0 Å². The topological polar surface area (TPSA) is 124 Å². The fourth-order valence-electron chi connectivity index (χ4n) is 2.45. The Morgan fingerprint density at radius 3 is 1.85 bits per heavy atom. The van der Waals surface area contributed by atoms with E-state index in [2.05, 4.69) is 5.92 Å². The van der Waals surface area contributed by atoms with E-state index in [1.165, 1.54) is 6.92 Å². The Balaban J connectivity index is 3.25. The van der Waals surface area contributed by atoms with E-state index in [9.17, 15) is 19.2 Å². The Morgan fingerprint density at radius 1 is 0.852 bits per heavy atom. The van der Waals surface area contributed by atoms with Gasteiger partial charge in [0.05, 0.1) is 0 Å². The first kappa shape index (κ1) is 22.4. The molecule has 10 heteroatoms. The minimum absolute atomic E-state index is 0.201. The van der Waals surface area contributed by atoms with E-state index in [0.29, 0.717) is 0 Å². The Labute approximate surface area is 156 Å². The molecular formula is C17H22O10. The highest BCUT2D eigenvalue weighted by atomic mass is 16.7. The predicted molar refractivity (Wildman–Crippen MR) is 86.7 cm³/mol. The molecular weight excluding hydrogens is 364 g/mol. The summed E-state index contributed by atoms with van der Waals surface area (Å²) in [7, 11) is 0. The lowest BCUT2D eigenvalue weighted by Gasteiger charge is -2.43. The van der Waals surface area contributed by atoms with Gasteiger partial charge in [0.25, 0.3) is 0 Å². The van der Waals surface area contributed by atoms with Gasteiger partial charge < -0.3 is 28.4 Å². The first-order chi connectivity index (χ1) is 12.6. The van der Waals surface area contributed by atoms with Crippen LogP contribution in [0.25, 0.3) is 0 Å². The van der Waals surface area contributed by atoms with E-state index in [-0.39, 0.29) is 13.2 Å². The zero-order chi connectivity index (χ0) is 20.6. The molecule has 0 bridgehead atoms. The zero-order valence-corrected chi connectivity index (χ0v) is 15.5. The molecule has 0 amide bonds. The number of hydrogen-bond acceptors (Lipinski definition) is 10. The molecule has 10 nitrogen and oxygen atoms in total. The van der Waals surface area contributed by atoms with Crippen LogP contribution in [-0.4, -0.2) is 67.8 Å². The molecule has 27 heavy (non-hydrogen) atoms. The molecule has 0 aliphatic carbocycles. The monoisotopic (exact) mass is 386 g/mol. The van der Waals surface area contributed by atoms with Crippen molar-refractivity contribution in [1.29, 1.82) is 0 Å². The van der Waals surface area contributed by atoms with E-state index in [1.807, 2.05) is 0 Å². The van der Waals surface area contributed by atoms with Crippen LogP contribution in [-0.2, 0) is 47.6 Å². The Bertz CT molecular complexity index is 607. The number of carbonyl (C=O) groups is 4. The van der Waals surface area contributed by atoms with E-state index in [4.69, 9.17) is 34.8 Å². The van der Waals surface area contributed by atoms with Gasteiger partial charge in [-0.25, -0.2) is 0 Å². The molecule has 1 aliphatic heterocycles. The van der Waals surface area contributed by atoms with E-state index in [0.717, 1.165) is 20.8 Å². The second kappa shape index (κ2) is 10.5. The highest BCUT2D eigenvalue weighted by Gasteiger charge is 2.52. The average molecular weight is 386 g/mol. The molecule has 0 N–H and O–H groups in total. The van der Waals surface area contributed by atoms with Crippen molar-refractivity contribution in [3.63, 3.8) is 0 Å². The van der Waals surface area contributed by atoms with Gasteiger partial charge in [0, 0.05) is 27.7 Å². The summed E-state index contributed by atoms with van der Waals surface area (Å²) in [4.78, 5) is 45.7. The third-order valence-corrected chi connectivity index (χ3v) is 3.28. The zero-order valence-electron chi connectivity index (χ0n) is 15.5. The molecule has 3 unspecified atom stereocenters. The van der Waals surface area contributed by atoms with Crippen LogP contribution >= 0.6 is 0 Å². The summed E-state index contributed by atoms with van der Waals surface area (Å²) >= 11 is 0. The maximum Gasteiger partial charge on any atom is 0.303 e. The van der Waals surface area contributed by atoms with Crippen molar-refractivity contribution in [3.05, 3.63) is 0 Å². The van der Waals surface area contributed by atoms with Crippen molar-refractivity contribution in [3.8, 4) is 12.3 Å². The van der Waals surface area contributed by atoms with Gasteiger partial charge in [0.1, 0.15) is 19.3 Å². The van der Waals surface area contributed by atoms with Gasteiger partial charge in [-0.2, -0.15) is 0 Å². The summed E-state index contributed by atoms with van der Waals surface area (Å²) in [6, 6.07) is 0. The molecule has 0 aromatic rings. The second-order valence-electron chi connectivity index (χ2n) is 5.58. The Hall–Kier alpha value is -2.64. The third kappa shape index (κ3) is 7.24. The lowest BCUT2D eigenvalue weighted by Crippen LogP contribution is -2.62. The average Bonchev–Trinajstić information content (AvgIpc) is 2.54. The van der Waals surface area contributed by atoms with Crippen LogP contribution in [0.5, 0.6) is 0 Å². The first-order valence-electron chi connectivity index (χ1n) is 8.01. The molecule has 0 radical (unpaired) electrons. The molecule has 1 heterocycles. The Kier molecular flexibility index (Phi) is 8.71. The fourth-order valence-corrected chi connectivity index (χ4v) is 2.45. The molecule has 1 saturated heterocycles. The number of rotatable bonds is 7. The third-order valence-electron chi connectivity index (χ3n) is 3.28. The van der Waals surface area contributed by atoms with Gasteiger partial charge >= 0.3 is 23.9 Å². The highest BCUT2D eigenvalue weighted by Crippen LogP contribution is 2.29. The van der Waals surface area contributed by atoms with Crippen LogP contribution in [0.15, 0.2) is 0 Å². The van der Waals surface area contributed by atoms with Gasteiger partial charge in [-0.15, -0.1) is 6.42 Å². The quantitative estimate of drug-likeness (QED) is 0.328. The van der Waals surface area contributed by atoms with Crippen LogP contribution in [0.4, 0.5) is 0 Å². The molecule has 1 rings (SSSR count). The second-order valence-corrected chi connectivity index (χ2v) is 5.58. The molecule has 1 fully saturated rings. The minimum atomic E-state index is -1.27. The summed E-state index contributed by atoms with van der Waals surface area (Å²) in [5.41, 5.74) is 0. The van der Waals surface area contributed by atoms with E-state index in [1.54, 1.807) is 0 Å². The van der Waals surface area contributed by atoms with Crippen molar-refractivity contribution in [2.45, 2.75) is 58.4 Å². The van der Waals surface area contributed by atoms with Crippen molar-refractivity contribution < 1.29 is 47.6 Å². The largest absolute Gasteiger partial charge is 0.463 e. The molecule has 0 saturated carbocycles. The maximum absolute atomic E-state index is 11.6. The van der Waals surface area contributed by atoms with Gasteiger partial charge in [-0.3, -0.25) is 19.2 Å². The normalized spacial score (nSPS) is 27.0. The molecule has 0 aromatic carbocycles. The molecule has 0 spiro atoms. The van der Waals surface area contributed by atoms with Crippen molar-refractivity contribution in [1.82, 2.24) is 0 Å². The van der Waals surface area contributed by atoms with Crippen LogP contribution in [0.2, 0.25) is 0 Å². The number of hydrogen-bond donors (Lipinski definition) is 0. The molecule has 0 aromatic heterocycles. The molecule has 150 valence electrons. The van der Waals surface area contributed by atoms with Crippen molar-refractivity contribution in [2.75, 3.05) is 13.2 Å². The molecule has 5 atom stereocenters.